The van der Waals surface area contributed by atoms with E-state index in [-0.39, 0.29) is 5.91 Å². The average Bonchev–Trinajstić information content (AvgIpc) is 2.60. The van der Waals surface area contributed by atoms with Gasteiger partial charge >= 0.3 is 5.91 Å². The van der Waals surface area contributed by atoms with E-state index in [0.29, 0.717) is 11.8 Å². The highest BCUT2D eigenvalue weighted by Crippen LogP contribution is 2.22. The van der Waals surface area contributed by atoms with Gasteiger partial charge in [0, 0.05) is 0 Å². The molecule has 0 saturated carbocycles. The Morgan fingerprint density at radius 1 is 0.759 bits per heavy atom. The van der Waals surface area contributed by atoms with E-state index in [4.69, 9.17) is 0 Å². The molecule has 0 heterocycles. The van der Waals surface area contributed by atoms with Gasteiger partial charge in [-0.05, 0) is 18.3 Å². The molecule has 0 aliphatic carbocycles. The fraction of sp³-hybridized carbons (Fsp3) is 0.955. The number of hydrogen-bond donors (Lipinski definition) is 1. The number of carbonyl (C=O) groups excluding carboxylic acids is 1. The van der Waals surface area contributed by atoms with Crippen LogP contribution in [0.2, 0.25) is 0 Å². The normalized spacial score (nSPS) is 11.8. The maximum absolute atomic E-state index is 10.7. The Labute approximate surface area is 180 Å². The standard InChI is InChI=1S/C21H43NO.CH4O4S/c1-21(2,3)19-17-15-13-11-9-7-5-4-6-8-10-12-14-16-18-20(22)23;1-5-6(2,3)4/h4-19H2,1-3H3,(H2,22,23);1H3,(H,2,3,4). The van der Waals surface area contributed by atoms with Gasteiger partial charge in [-0.1, -0.05) is 104 Å². The molecule has 176 valence electrons. The summed E-state index contributed by atoms with van der Waals surface area (Å²) in [7, 11) is -3.60. The summed E-state index contributed by atoms with van der Waals surface area (Å²) in [6.45, 7) is 7.03. The van der Waals surface area contributed by atoms with Gasteiger partial charge in [-0.15, -0.1) is 0 Å². The van der Waals surface area contributed by atoms with Crippen molar-refractivity contribution in [1.29, 1.82) is 0 Å². The summed E-state index contributed by atoms with van der Waals surface area (Å²) in [5.41, 5.74) is 3.93. The van der Waals surface area contributed by atoms with Crippen LogP contribution in [-0.4, -0.2) is 26.0 Å². The highest BCUT2D eigenvalue weighted by Gasteiger charge is 2.08. The largest absolute Gasteiger partial charge is 0.726 e. The van der Waals surface area contributed by atoms with Gasteiger partial charge in [0.2, 0.25) is 10.4 Å². The van der Waals surface area contributed by atoms with Gasteiger partial charge in [-0.3, -0.25) is 9.92 Å². The highest BCUT2D eigenvalue weighted by atomic mass is 32.3. The molecule has 0 aromatic heterocycles. The molecule has 0 bridgehead atoms. The third kappa shape index (κ3) is 35.3. The zero-order valence-electron chi connectivity index (χ0n) is 19.5. The second-order valence-corrected chi connectivity index (χ2v) is 10.3. The Kier molecular flexibility index (Phi) is 20.6. The molecular weight excluding hydrogens is 390 g/mol. The second-order valence-electron chi connectivity index (χ2n) is 9.12. The maximum atomic E-state index is 10.7. The van der Waals surface area contributed by atoms with E-state index in [1.807, 2.05) is 0 Å². The molecule has 0 aliphatic rings. The predicted octanol–water partition coefficient (Wildman–Crippen LogP) is 5.14. The average molecular weight is 438 g/mol. The lowest BCUT2D eigenvalue weighted by molar-refractivity contribution is -0.305. The SMILES string of the molecule is CC(C)(C)CCCCCCCCCCCCCCCCC([NH3+])=O.COS(=O)(=O)[O-]. The van der Waals surface area contributed by atoms with E-state index >= 15 is 0 Å². The van der Waals surface area contributed by atoms with Gasteiger partial charge in [-0.2, -0.15) is 0 Å². The van der Waals surface area contributed by atoms with Gasteiger partial charge < -0.3 is 4.55 Å². The summed E-state index contributed by atoms with van der Waals surface area (Å²) >= 11 is 0. The predicted molar refractivity (Wildman–Crippen MR) is 118 cm³/mol. The Balaban J connectivity index is 0. The van der Waals surface area contributed by atoms with E-state index in [1.54, 1.807) is 0 Å². The van der Waals surface area contributed by atoms with Crippen LogP contribution in [-0.2, 0) is 19.4 Å². The zero-order chi connectivity index (χ0) is 22.6. The lowest BCUT2D eigenvalue weighted by Gasteiger charge is -2.17. The van der Waals surface area contributed by atoms with Crippen LogP contribution < -0.4 is 5.73 Å². The number of quaternary nitrogens is 1. The fourth-order valence-corrected chi connectivity index (χ4v) is 3.10. The Morgan fingerprint density at radius 3 is 1.28 bits per heavy atom. The number of unbranched alkanes of at least 4 members (excludes halogenated alkanes) is 13. The third-order valence-electron chi connectivity index (χ3n) is 4.84. The third-order valence-corrected chi connectivity index (χ3v) is 5.24. The molecule has 0 aliphatic heterocycles. The van der Waals surface area contributed by atoms with Crippen LogP contribution in [0, 0.1) is 5.41 Å². The second kappa shape index (κ2) is 19.5. The van der Waals surface area contributed by atoms with Crippen LogP contribution in [0.4, 0.5) is 0 Å². The van der Waals surface area contributed by atoms with Gasteiger partial charge in [0.1, 0.15) is 0 Å². The van der Waals surface area contributed by atoms with E-state index in [1.165, 1.54) is 89.9 Å². The maximum Gasteiger partial charge on any atom is 0.308 e. The van der Waals surface area contributed by atoms with Crippen molar-refractivity contribution in [3.05, 3.63) is 0 Å². The zero-order valence-corrected chi connectivity index (χ0v) is 20.3. The molecule has 0 spiro atoms. The van der Waals surface area contributed by atoms with Gasteiger partial charge in [-0.25, -0.2) is 13.2 Å². The molecule has 6 nitrogen and oxygen atoms in total. The fourth-order valence-electron chi connectivity index (χ4n) is 3.10. The van der Waals surface area contributed by atoms with Gasteiger partial charge in [0.25, 0.3) is 0 Å². The smallest absolute Gasteiger partial charge is 0.308 e. The first kappa shape index (κ1) is 30.7. The first-order valence-electron chi connectivity index (χ1n) is 11.3. The topological polar surface area (TPSA) is 111 Å². The molecule has 3 N–H and O–H groups in total. The van der Waals surface area contributed by atoms with E-state index in [9.17, 15) is 17.8 Å². The van der Waals surface area contributed by atoms with Crippen LogP contribution >= 0.6 is 0 Å². The molecule has 0 aromatic carbocycles. The van der Waals surface area contributed by atoms with Crippen molar-refractivity contribution < 1.29 is 27.7 Å². The first-order chi connectivity index (χ1) is 13.5. The van der Waals surface area contributed by atoms with Crippen LogP contribution in [0.25, 0.3) is 0 Å². The number of hydrogen-bond acceptors (Lipinski definition) is 5. The van der Waals surface area contributed by atoms with Crippen LogP contribution in [0.5, 0.6) is 0 Å². The van der Waals surface area contributed by atoms with Gasteiger partial charge in [0.15, 0.2) is 0 Å². The van der Waals surface area contributed by atoms with E-state index in [0.717, 1.165) is 13.5 Å². The highest BCUT2D eigenvalue weighted by molar-refractivity contribution is 7.80. The molecule has 29 heavy (non-hydrogen) atoms. The summed E-state index contributed by atoms with van der Waals surface area (Å²) in [6.07, 6.45) is 21.2. The quantitative estimate of drug-likeness (QED) is 0.192. The van der Waals surface area contributed by atoms with E-state index in [2.05, 4.69) is 30.7 Å². The molecule has 0 fully saturated rings. The van der Waals surface area contributed by atoms with Crippen molar-refractivity contribution in [2.24, 2.45) is 5.41 Å². The Bertz CT molecular complexity index is 472. The summed E-state index contributed by atoms with van der Waals surface area (Å²) in [6, 6.07) is 0. The Morgan fingerprint density at radius 2 is 1.03 bits per heavy atom. The van der Waals surface area contributed by atoms with Crippen LogP contribution in [0.3, 0.4) is 0 Å². The minimum Gasteiger partial charge on any atom is -0.726 e. The lowest BCUT2D eigenvalue weighted by Crippen LogP contribution is -2.56. The lowest BCUT2D eigenvalue weighted by atomic mass is 9.89. The molecule has 7 heteroatoms. The molecule has 0 rings (SSSR count). The molecule has 0 saturated heterocycles. The van der Waals surface area contributed by atoms with Crippen LogP contribution in [0.15, 0.2) is 0 Å². The van der Waals surface area contributed by atoms with Crippen molar-refractivity contribution in [2.45, 2.75) is 124 Å². The van der Waals surface area contributed by atoms with Crippen molar-refractivity contribution >= 4 is 16.3 Å². The summed E-state index contributed by atoms with van der Waals surface area (Å²) in [4.78, 5) is 10.7. The number of rotatable bonds is 17. The number of amides is 1. The van der Waals surface area contributed by atoms with Crippen LogP contribution in [0.1, 0.15) is 124 Å². The Hall–Kier alpha value is -0.500. The van der Waals surface area contributed by atoms with Gasteiger partial charge in [0.05, 0.1) is 13.5 Å². The first-order valence-corrected chi connectivity index (χ1v) is 12.7. The summed E-state index contributed by atoms with van der Waals surface area (Å²) < 4.78 is 31.0. The summed E-state index contributed by atoms with van der Waals surface area (Å²) in [5.74, 6) is 0.0965. The summed E-state index contributed by atoms with van der Waals surface area (Å²) in [5, 5.41) is 0. The van der Waals surface area contributed by atoms with Crippen molar-refractivity contribution in [3.63, 3.8) is 0 Å². The minimum atomic E-state index is -4.41. The molecular formula is C22H47NO5S. The molecule has 0 atom stereocenters. The minimum absolute atomic E-state index is 0.0965. The van der Waals surface area contributed by atoms with E-state index < -0.39 is 10.4 Å². The molecule has 0 unspecified atom stereocenters. The number of carbonyl (C=O) groups is 1. The van der Waals surface area contributed by atoms with Crippen molar-refractivity contribution in [1.82, 2.24) is 0 Å². The molecule has 0 aromatic rings. The molecule has 1 amide bonds. The van der Waals surface area contributed by atoms with Crippen molar-refractivity contribution in [3.8, 4) is 0 Å². The molecule has 0 radical (unpaired) electrons. The van der Waals surface area contributed by atoms with Crippen molar-refractivity contribution in [2.75, 3.05) is 7.11 Å². The monoisotopic (exact) mass is 437 g/mol.